The molecule has 0 unspecified atom stereocenters. The fourth-order valence-corrected chi connectivity index (χ4v) is 2.47. The number of pyridine rings is 1. The summed E-state index contributed by atoms with van der Waals surface area (Å²) in [6.45, 7) is 1.79. The van der Waals surface area contributed by atoms with Gasteiger partial charge in [0.1, 0.15) is 0 Å². The second-order valence-corrected chi connectivity index (χ2v) is 6.19. The summed E-state index contributed by atoms with van der Waals surface area (Å²) in [5.41, 5.74) is -0.188. The van der Waals surface area contributed by atoms with Gasteiger partial charge in [0.15, 0.2) is 0 Å². The van der Waals surface area contributed by atoms with Gasteiger partial charge in [-0.05, 0) is 35.9 Å². The molecule has 1 heterocycles. The molecular weight excluding hydrogens is 383 g/mol. The molecule has 0 spiro atoms. The summed E-state index contributed by atoms with van der Waals surface area (Å²) in [5, 5.41) is 2.36. The zero-order chi connectivity index (χ0) is 20.0. The topological polar surface area (TPSA) is 62.3 Å². The summed E-state index contributed by atoms with van der Waals surface area (Å²) >= 11 is 5.86. The Morgan fingerprint density at radius 3 is 2.44 bits per heavy atom. The van der Waals surface area contributed by atoms with Crippen LogP contribution in [0.25, 0.3) is 0 Å². The molecule has 2 amide bonds. The number of amides is 2. The minimum absolute atomic E-state index is 0.00319. The van der Waals surface area contributed by atoms with Crippen molar-refractivity contribution in [3.63, 3.8) is 0 Å². The Labute approximate surface area is 159 Å². The molecule has 1 aromatic heterocycles. The van der Waals surface area contributed by atoms with Crippen molar-refractivity contribution in [3.05, 3.63) is 58.9 Å². The Morgan fingerprint density at radius 1 is 1.19 bits per heavy atom. The van der Waals surface area contributed by atoms with E-state index in [4.69, 9.17) is 11.6 Å². The number of anilines is 1. The van der Waals surface area contributed by atoms with Crippen molar-refractivity contribution < 1.29 is 22.8 Å². The number of hydrogen-bond donors (Lipinski definition) is 1. The molecule has 0 bridgehead atoms. The number of alkyl halides is 3. The number of hydrogen-bond acceptors (Lipinski definition) is 3. The van der Waals surface area contributed by atoms with Crippen LogP contribution in [-0.4, -0.2) is 28.2 Å². The van der Waals surface area contributed by atoms with Crippen molar-refractivity contribution in [3.8, 4) is 0 Å². The van der Waals surface area contributed by atoms with Crippen LogP contribution in [0.4, 0.5) is 18.9 Å². The van der Waals surface area contributed by atoms with E-state index in [1.807, 2.05) is 0 Å². The van der Waals surface area contributed by atoms with E-state index < -0.39 is 17.6 Å². The van der Waals surface area contributed by atoms with E-state index in [2.05, 4.69) is 10.3 Å². The first kappa shape index (κ1) is 20.7. The third-order valence-corrected chi connectivity index (χ3v) is 4.07. The maximum absolute atomic E-state index is 12.8. The van der Waals surface area contributed by atoms with Crippen LogP contribution in [0.5, 0.6) is 0 Å². The van der Waals surface area contributed by atoms with E-state index in [1.165, 1.54) is 11.8 Å². The largest absolute Gasteiger partial charge is 0.416 e. The Hall–Kier alpha value is -2.61. The van der Waals surface area contributed by atoms with Gasteiger partial charge in [0.2, 0.25) is 11.8 Å². The SMILES string of the molecule is CC(=O)N(CCC(=O)Nc1cc(C(F)(F)F)ccc1Cl)Cc1ccncc1. The monoisotopic (exact) mass is 399 g/mol. The molecular formula is C18H17ClF3N3O2. The number of nitrogens with zero attached hydrogens (tertiary/aromatic N) is 2. The molecule has 0 radical (unpaired) electrons. The maximum Gasteiger partial charge on any atom is 0.416 e. The fourth-order valence-electron chi connectivity index (χ4n) is 2.30. The summed E-state index contributed by atoms with van der Waals surface area (Å²) in [6.07, 6.45) is -1.44. The molecule has 0 saturated heterocycles. The highest BCUT2D eigenvalue weighted by Gasteiger charge is 2.31. The molecule has 5 nitrogen and oxygen atoms in total. The highest BCUT2D eigenvalue weighted by atomic mass is 35.5. The molecule has 0 saturated carbocycles. The molecule has 2 aromatic rings. The molecule has 0 fully saturated rings. The first-order chi connectivity index (χ1) is 12.7. The third kappa shape index (κ3) is 6.25. The number of nitrogens with one attached hydrogen (secondary N) is 1. The van der Waals surface area contributed by atoms with Gasteiger partial charge in [-0.2, -0.15) is 13.2 Å². The molecule has 0 aliphatic rings. The van der Waals surface area contributed by atoms with Crippen molar-refractivity contribution in [2.24, 2.45) is 0 Å². The zero-order valence-corrected chi connectivity index (χ0v) is 15.1. The highest BCUT2D eigenvalue weighted by molar-refractivity contribution is 6.33. The van der Waals surface area contributed by atoms with Crippen molar-refractivity contribution in [2.75, 3.05) is 11.9 Å². The summed E-state index contributed by atoms with van der Waals surface area (Å²) in [4.78, 5) is 29.2. The van der Waals surface area contributed by atoms with Gasteiger partial charge >= 0.3 is 6.18 Å². The lowest BCUT2D eigenvalue weighted by molar-refractivity contribution is -0.137. The van der Waals surface area contributed by atoms with Crippen LogP contribution in [0.15, 0.2) is 42.7 Å². The van der Waals surface area contributed by atoms with Gasteiger partial charge in [-0.3, -0.25) is 14.6 Å². The normalized spacial score (nSPS) is 11.1. The van der Waals surface area contributed by atoms with E-state index in [9.17, 15) is 22.8 Å². The van der Waals surface area contributed by atoms with Crippen LogP contribution in [0.2, 0.25) is 5.02 Å². The minimum Gasteiger partial charge on any atom is -0.338 e. The van der Waals surface area contributed by atoms with Crippen molar-refractivity contribution in [1.29, 1.82) is 0 Å². The zero-order valence-electron chi connectivity index (χ0n) is 14.4. The first-order valence-electron chi connectivity index (χ1n) is 7.98. The number of carbonyl (C=O) groups excluding carboxylic acids is 2. The average molecular weight is 400 g/mol. The second kappa shape index (κ2) is 8.85. The molecule has 9 heteroatoms. The lowest BCUT2D eigenvalue weighted by Gasteiger charge is -2.21. The Morgan fingerprint density at radius 2 is 1.85 bits per heavy atom. The van der Waals surface area contributed by atoms with Crippen LogP contribution in [0.3, 0.4) is 0 Å². The molecule has 144 valence electrons. The van der Waals surface area contributed by atoms with Gasteiger partial charge in [-0.1, -0.05) is 11.6 Å². The average Bonchev–Trinajstić information content (AvgIpc) is 2.60. The van der Waals surface area contributed by atoms with Crippen molar-refractivity contribution in [2.45, 2.75) is 26.1 Å². The van der Waals surface area contributed by atoms with E-state index in [0.29, 0.717) is 6.54 Å². The quantitative estimate of drug-likeness (QED) is 0.794. The third-order valence-electron chi connectivity index (χ3n) is 3.74. The van der Waals surface area contributed by atoms with Gasteiger partial charge in [0.05, 0.1) is 16.3 Å². The maximum atomic E-state index is 12.8. The lowest BCUT2D eigenvalue weighted by atomic mass is 10.2. The predicted molar refractivity (Wildman–Crippen MR) is 95.0 cm³/mol. The van der Waals surface area contributed by atoms with Crippen LogP contribution < -0.4 is 5.32 Å². The number of aromatic nitrogens is 1. The van der Waals surface area contributed by atoms with Gasteiger partial charge in [-0.15, -0.1) is 0 Å². The minimum atomic E-state index is -4.54. The molecule has 2 rings (SSSR count). The summed E-state index contributed by atoms with van der Waals surface area (Å²) < 4.78 is 38.3. The Kier molecular flexibility index (Phi) is 6.79. The summed E-state index contributed by atoms with van der Waals surface area (Å²) in [7, 11) is 0. The fraction of sp³-hybridized carbons (Fsp3) is 0.278. The van der Waals surface area contributed by atoms with E-state index in [-0.39, 0.29) is 29.6 Å². The van der Waals surface area contributed by atoms with Crippen molar-refractivity contribution >= 4 is 29.1 Å². The molecule has 0 aliphatic carbocycles. The smallest absolute Gasteiger partial charge is 0.338 e. The molecule has 1 N–H and O–H groups in total. The molecule has 0 atom stereocenters. The van der Waals surface area contributed by atoms with Crippen molar-refractivity contribution in [1.82, 2.24) is 9.88 Å². The summed E-state index contributed by atoms with van der Waals surface area (Å²) in [5.74, 6) is -0.770. The van der Waals surface area contributed by atoms with Gasteiger partial charge < -0.3 is 10.2 Å². The van der Waals surface area contributed by atoms with E-state index in [0.717, 1.165) is 23.8 Å². The number of rotatable bonds is 6. The molecule has 1 aromatic carbocycles. The number of benzene rings is 1. The van der Waals surface area contributed by atoms with E-state index >= 15 is 0 Å². The molecule has 27 heavy (non-hydrogen) atoms. The standard InChI is InChI=1S/C18H17ClF3N3O2/c1-12(26)25(11-13-4-7-23-8-5-13)9-6-17(27)24-16-10-14(18(20,21)22)2-3-15(16)19/h2-5,7-8,10H,6,9,11H2,1H3,(H,24,27). The van der Waals surface area contributed by atoms with Crippen LogP contribution in [0.1, 0.15) is 24.5 Å². The Bertz CT molecular complexity index is 813. The lowest BCUT2D eigenvalue weighted by Crippen LogP contribution is -2.31. The predicted octanol–water partition coefficient (Wildman–Crippen LogP) is 4.13. The number of halogens is 4. The highest BCUT2D eigenvalue weighted by Crippen LogP contribution is 2.33. The Balaban J connectivity index is 1.99. The van der Waals surface area contributed by atoms with E-state index in [1.54, 1.807) is 24.5 Å². The van der Waals surface area contributed by atoms with Gasteiger partial charge in [0, 0.05) is 38.8 Å². The number of carbonyl (C=O) groups is 2. The first-order valence-corrected chi connectivity index (χ1v) is 8.35. The molecule has 0 aliphatic heterocycles. The van der Waals surface area contributed by atoms with Gasteiger partial charge in [-0.25, -0.2) is 0 Å². The van der Waals surface area contributed by atoms with Gasteiger partial charge in [0.25, 0.3) is 0 Å². The van der Waals surface area contributed by atoms with Crippen LogP contribution in [-0.2, 0) is 22.3 Å². The van der Waals surface area contributed by atoms with Crippen LogP contribution >= 0.6 is 11.6 Å². The second-order valence-electron chi connectivity index (χ2n) is 5.79. The summed E-state index contributed by atoms with van der Waals surface area (Å²) in [6, 6.07) is 6.19. The van der Waals surface area contributed by atoms with Crippen LogP contribution in [0, 0.1) is 0 Å².